The number of carbonyl (C=O) groups is 1. The Kier molecular flexibility index (Phi) is 6.03. The molecule has 0 spiro atoms. The normalized spacial score (nSPS) is 12.9. The van der Waals surface area contributed by atoms with Crippen LogP contribution >= 0.6 is 0 Å². The van der Waals surface area contributed by atoms with Crippen molar-refractivity contribution in [3.8, 4) is 5.75 Å². The van der Waals surface area contributed by atoms with E-state index in [1.807, 2.05) is 26.0 Å². The average molecular weight is 278 g/mol. The highest BCUT2D eigenvalue weighted by Crippen LogP contribution is 2.22. The van der Waals surface area contributed by atoms with Crippen LogP contribution < -0.4 is 10.1 Å². The molecule has 5 nitrogen and oxygen atoms in total. The quantitative estimate of drug-likeness (QED) is 0.477. The lowest BCUT2D eigenvalue weighted by Crippen LogP contribution is -2.36. The Labute approximate surface area is 119 Å². The molecule has 0 aliphatic rings. The monoisotopic (exact) mass is 278 g/mol. The van der Waals surface area contributed by atoms with Crippen LogP contribution in [0.5, 0.6) is 5.75 Å². The maximum Gasteiger partial charge on any atom is 0.260 e. The summed E-state index contributed by atoms with van der Waals surface area (Å²) in [5.74, 6) is 0.377. The molecule has 0 bridgehead atoms. The maximum absolute atomic E-state index is 11.8. The van der Waals surface area contributed by atoms with E-state index in [1.165, 1.54) is 0 Å². The summed E-state index contributed by atoms with van der Waals surface area (Å²) in [5.41, 5.74) is 2.16. The minimum atomic E-state index is -0.602. The first-order valence-corrected chi connectivity index (χ1v) is 6.73. The fraction of sp³-hybridized carbons (Fsp3) is 0.467. The number of oxime groups is 1. The van der Waals surface area contributed by atoms with Gasteiger partial charge in [0, 0.05) is 12.1 Å². The molecular weight excluding hydrogens is 256 g/mol. The van der Waals surface area contributed by atoms with Crippen molar-refractivity contribution < 1.29 is 14.7 Å². The molecule has 20 heavy (non-hydrogen) atoms. The predicted octanol–water partition coefficient (Wildman–Crippen LogP) is 2.49. The second-order valence-corrected chi connectivity index (χ2v) is 4.74. The van der Waals surface area contributed by atoms with E-state index >= 15 is 0 Å². The highest BCUT2D eigenvalue weighted by molar-refractivity contribution is 6.01. The molecule has 1 unspecified atom stereocenters. The second-order valence-electron chi connectivity index (χ2n) is 4.74. The lowest BCUT2D eigenvalue weighted by atomic mass is 10.1. The van der Waals surface area contributed by atoms with Crippen molar-refractivity contribution in [3.05, 3.63) is 29.3 Å². The number of benzene rings is 1. The molecule has 1 atom stereocenters. The van der Waals surface area contributed by atoms with Crippen LogP contribution in [0.4, 0.5) is 0 Å². The zero-order valence-corrected chi connectivity index (χ0v) is 12.4. The highest BCUT2D eigenvalue weighted by atomic mass is 16.5. The summed E-state index contributed by atoms with van der Waals surface area (Å²) in [6, 6.07) is 5.53. The summed E-state index contributed by atoms with van der Waals surface area (Å²) in [6.07, 6.45) is 0.277. The van der Waals surface area contributed by atoms with Crippen molar-refractivity contribution >= 4 is 11.6 Å². The van der Waals surface area contributed by atoms with Crippen molar-refractivity contribution in [2.24, 2.45) is 5.16 Å². The molecule has 1 amide bonds. The number of aryl methyl sites for hydroxylation is 1. The minimum absolute atomic E-state index is 0.156. The molecule has 0 aromatic heterocycles. The van der Waals surface area contributed by atoms with E-state index in [1.54, 1.807) is 19.9 Å². The number of carbonyl (C=O) groups excluding carboxylic acids is 1. The number of nitrogens with zero attached hydrogens (tertiary/aromatic N) is 1. The summed E-state index contributed by atoms with van der Waals surface area (Å²) in [6.45, 7) is 7.94. The molecule has 1 aromatic rings. The molecule has 0 saturated heterocycles. The summed E-state index contributed by atoms with van der Waals surface area (Å²) in [4.78, 5) is 11.8. The van der Waals surface area contributed by atoms with Crippen LogP contribution in [0.1, 0.15) is 38.3 Å². The molecule has 0 saturated carbocycles. The van der Waals surface area contributed by atoms with Gasteiger partial charge < -0.3 is 15.3 Å². The van der Waals surface area contributed by atoms with Crippen molar-refractivity contribution in [2.75, 3.05) is 6.54 Å². The molecule has 0 aliphatic heterocycles. The van der Waals surface area contributed by atoms with Gasteiger partial charge in [0.1, 0.15) is 5.75 Å². The number of rotatable bonds is 6. The number of nitrogens with one attached hydrogen (secondary N) is 1. The Morgan fingerprint density at radius 3 is 2.80 bits per heavy atom. The van der Waals surface area contributed by atoms with Gasteiger partial charge in [0.25, 0.3) is 5.91 Å². The summed E-state index contributed by atoms with van der Waals surface area (Å²) in [7, 11) is 0. The van der Waals surface area contributed by atoms with Gasteiger partial charge in [0.05, 0.1) is 5.71 Å². The number of ether oxygens (including phenoxy) is 1. The number of amides is 1. The number of hydrogen-bond donors (Lipinski definition) is 2. The molecule has 0 radical (unpaired) electrons. The van der Waals surface area contributed by atoms with Gasteiger partial charge in [-0.25, -0.2) is 0 Å². The largest absolute Gasteiger partial charge is 0.480 e. The first-order valence-electron chi connectivity index (χ1n) is 6.73. The van der Waals surface area contributed by atoms with E-state index in [-0.39, 0.29) is 5.91 Å². The van der Waals surface area contributed by atoms with Crippen molar-refractivity contribution in [1.82, 2.24) is 5.32 Å². The van der Waals surface area contributed by atoms with Crippen molar-refractivity contribution in [3.63, 3.8) is 0 Å². The van der Waals surface area contributed by atoms with Crippen LogP contribution in [0, 0.1) is 6.92 Å². The average Bonchev–Trinajstić information content (AvgIpc) is 2.45. The van der Waals surface area contributed by atoms with Crippen LogP contribution in [-0.2, 0) is 4.79 Å². The topological polar surface area (TPSA) is 70.9 Å². The van der Waals surface area contributed by atoms with Gasteiger partial charge in [-0.2, -0.15) is 0 Å². The van der Waals surface area contributed by atoms with E-state index in [9.17, 15) is 4.79 Å². The van der Waals surface area contributed by atoms with Gasteiger partial charge in [-0.3, -0.25) is 4.79 Å². The van der Waals surface area contributed by atoms with Crippen LogP contribution in [0.25, 0.3) is 0 Å². The fourth-order valence-corrected chi connectivity index (χ4v) is 1.72. The van der Waals surface area contributed by atoms with Crippen LogP contribution in [0.15, 0.2) is 23.4 Å². The fourth-order valence-electron chi connectivity index (χ4n) is 1.72. The van der Waals surface area contributed by atoms with E-state index in [0.717, 1.165) is 12.0 Å². The van der Waals surface area contributed by atoms with Crippen LogP contribution in [-0.4, -0.2) is 29.5 Å². The first kappa shape index (κ1) is 16.0. The van der Waals surface area contributed by atoms with Crippen molar-refractivity contribution in [1.29, 1.82) is 0 Å². The summed E-state index contributed by atoms with van der Waals surface area (Å²) < 4.78 is 5.68. The molecule has 0 fully saturated rings. The van der Waals surface area contributed by atoms with E-state index in [4.69, 9.17) is 9.94 Å². The third-order valence-corrected chi connectivity index (χ3v) is 2.90. The minimum Gasteiger partial charge on any atom is -0.480 e. The zero-order chi connectivity index (χ0) is 15.1. The van der Waals surface area contributed by atoms with Crippen molar-refractivity contribution in [2.45, 2.75) is 40.2 Å². The lowest BCUT2D eigenvalue weighted by Gasteiger charge is -2.17. The van der Waals surface area contributed by atoms with E-state index in [0.29, 0.717) is 23.6 Å². The standard InChI is InChI=1S/C15H22N2O3/c1-5-8-16-15(18)12(4)20-14-7-6-10(2)9-13(14)11(3)17-19/h6-7,9,12,19H,5,8H2,1-4H3,(H,16,18)/b17-11+. The van der Waals surface area contributed by atoms with Gasteiger partial charge in [-0.15, -0.1) is 0 Å². The Hall–Kier alpha value is -2.04. The SMILES string of the molecule is CCCNC(=O)C(C)Oc1ccc(C)cc1/C(C)=N/O. The Balaban J connectivity index is 2.89. The third kappa shape index (κ3) is 4.26. The summed E-state index contributed by atoms with van der Waals surface area (Å²) >= 11 is 0. The zero-order valence-electron chi connectivity index (χ0n) is 12.4. The first-order chi connectivity index (χ1) is 9.49. The molecule has 110 valence electrons. The molecule has 0 heterocycles. The van der Waals surface area contributed by atoms with Gasteiger partial charge >= 0.3 is 0 Å². The lowest BCUT2D eigenvalue weighted by molar-refractivity contribution is -0.127. The van der Waals surface area contributed by atoms with Gasteiger partial charge in [0.2, 0.25) is 0 Å². The molecule has 2 N–H and O–H groups in total. The smallest absolute Gasteiger partial charge is 0.260 e. The molecule has 0 aliphatic carbocycles. The predicted molar refractivity (Wildman–Crippen MR) is 78.6 cm³/mol. The van der Waals surface area contributed by atoms with E-state index < -0.39 is 6.10 Å². The van der Waals surface area contributed by atoms with Crippen LogP contribution in [0.3, 0.4) is 0 Å². The Morgan fingerprint density at radius 1 is 1.50 bits per heavy atom. The van der Waals surface area contributed by atoms with E-state index in [2.05, 4.69) is 10.5 Å². The highest BCUT2D eigenvalue weighted by Gasteiger charge is 2.16. The molecule has 5 heteroatoms. The second kappa shape index (κ2) is 7.53. The third-order valence-electron chi connectivity index (χ3n) is 2.90. The Morgan fingerprint density at radius 2 is 2.20 bits per heavy atom. The maximum atomic E-state index is 11.8. The number of hydrogen-bond acceptors (Lipinski definition) is 4. The van der Waals surface area contributed by atoms with Gasteiger partial charge in [0.15, 0.2) is 6.10 Å². The van der Waals surface area contributed by atoms with Gasteiger partial charge in [-0.05, 0) is 39.3 Å². The molecular formula is C15H22N2O3. The van der Waals surface area contributed by atoms with Gasteiger partial charge in [-0.1, -0.05) is 23.7 Å². The van der Waals surface area contributed by atoms with Crippen LogP contribution in [0.2, 0.25) is 0 Å². The molecule has 1 rings (SSSR count). The Bertz CT molecular complexity index is 498. The summed E-state index contributed by atoms with van der Waals surface area (Å²) in [5, 5.41) is 14.9. The molecule has 1 aromatic carbocycles.